The molecule has 0 bridgehead atoms. The summed E-state index contributed by atoms with van der Waals surface area (Å²) in [5.41, 5.74) is 5.70. The normalized spacial score (nSPS) is 15.1. The minimum Gasteiger partial charge on any atom is -0.460 e. The highest BCUT2D eigenvalue weighted by atomic mass is 16.6. The predicted octanol–water partition coefficient (Wildman–Crippen LogP) is 1.99. The highest BCUT2D eigenvalue weighted by molar-refractivity contribution is 5.71. The van der Waals surface area contributed by atoms with Crippen molar-refractivity contribution < 1.29 is 9.53 Å². The molecule has 0 spiro atoms. The fourth-order valence-corrected chi connectivity index (χ4v) is 1.48. The van der Waals surface area contributed by atoms with Gasteiger partial charge in [-0.3, -0.25) is 9.78 Å². The van der Waals surface area contributed by atoms with Gasteiger partial charge in [-0.25, -0.2) is 0 Å². The lowest BCUT2D eigenvalue weighted by Crippen LogP contribution is -2.38. The third-order valence-corrected chi connectivity index (χ3v) is 2.25. The molecule has 0 aromatic carbocycles. The SMILES string of the molecule is CC(C)(C)OC(=O)CC(C)(N)c1cccnc1. The summed E-state index contributed by atoms with van der Waals surface area (Å²) >= 11 is 0. The van der Waals surface area contributed by atoms with Crippen molar-refractivity contribution in [3.8, 4) is 0 Å². The molecule has 1 rings (SSSR count). The number of hydrogen-bond donors (Lipinski definition) is 1. The first-order valence-corrected chi connectivity index (χ1v) is 5.62. The largest absolute Gasteiger partial charge is 0.460 e. The summed E-state index contributed by atoms with van der Waals surface area (Å²) in [5.74, 6) is -0.300. The number of carbonyl (C=O) groups is 1. The zero-order valence-electron chi connectivity index (χ0n) is 10.9. The van der Waals surface area contributed by atoms with E-state index in [0.717, 1.165) is 5.56 Å². The average Bonchev–Trinajstić information content (AvgIpc) is 2.15. The van der Waals surface area contributed by atoms with Crippen molar-refractivity contribution >= 4 is 5.97 Å². The maximum atomic E-state index is 11.7. The highest BCUT2D eigenvalue weighted by Crippen LogP contribution is 2.22. The summed E-state index contributed by atoms with van der Waals surface area (Å²) in [6.45, 7) is 7.31. The van der Waals surface area contributed by atoms with Crippen LogP contribution in [0, 0.1) is 0 Å². The second-order valence-corrected chi connectivity index (χ2v) is 5.42. The van der Waals surface area contributed by atoms with Crippen molar-refractivity contribution in [3.63, 3.8) is 0 Å². The molecule has 1 unspecified atom stereocenters. The number of nitrogens with zero attached hydrogens (tertiary/aromatic N) is 1. The number of nitrogens with two attached hydrogens (primary N) is 1. The van der Waals surface area contributed by atoms with Gasteiger partial charge in [-0.15, -0.1) is 0 Å². The molecule has 94 valence electrons. The van der Waals surface area contributed by atoms with Crippen LogP contribution in [0.3, 0.4) is 0 Å². The van der Waals surface area contributed by atoms with Crippen LogP contribution in [0.2, 0.25) is 0 Å². The minimum atomic E-state index is -0.753. The number of ether oxygens (including phenoxy) is 1. The van der Waals surface area contributed by atoms with Crippen molar-refractivity contribution in [2.24, 2.45) is 5.73 Å². The first-order valence-electron chi connectivity index (χ1n) is 5.62. The molecule has 4 nitrogen and oxygen atoms in total. The zero-order chi connectivity index (χ0) is 13.1. The third-order valence-electron chi connectivity index (χ3n) is 2.25. The van der Waals surface area contributed by atoms with Crippen molar-refractivity contribution in [1.29, 1.82) is 0 Å². The first kappa shape index (κ1) is 13.6. The number of hydrogen-bond acceptors (Lipinski definition) is 4. The molecular formula is C13H20N2O2. The van der Waals surface area contributed by atoms with E-state index in [4.69, 9.17) is 10.5 Å². The summed E-state index contributed by atoms with van der Waals surface area (Å²) in [5, 5.41) is 0. The fraction of sp³-hybridized carbons (Fsp3) is 0.538. The standard InChI is InChI=1S/C13H20N2O2/c1-12(2,3)17-11(16)8-13(4,14)10-6-5-7-15-9-10/h5-7,9H,8,14H2,1-4H3. The number of pyridine rings is 1. The van der Waals surface area contributed by atoms with Gasteiger partial charge in [0, 0.05) is 12.4 Å². The number of aromatic nitrogens is 1. The molecule has 1 aromatic rings. The molecule has 4 heteroatoms. The quantitative estimate of drug-likeness (QED) is 0.815. The third kappa shape index (κ3) is 4.53. The maximum absolute atomic E-state index is 11.7. The Morgan fingerprint density at radius 3 is 2.53 bits per heavy atom. The van der Waals surface area contributed by atoms with Gasteiger partial charge in [0.05, 0.1) is 12.0 Å². The van der Waals surface area contributed by atoms with E-state index >= 15 is 0 Å². The lowest BCUT2D eigenvalue weighted by Gasteiger charge is -2.26. The average molecular weight is 236 g/mol. The van der Waals surface area contributed by atoms with Crippen LogP contribution in [0.1, 0.15) is 39.7 Å². The van der Waals surface area contributed by atoms with E-state index in [1.807, 2.05) is 26.8 Å². The fourth-order valence-electron chi connectivity index (χ4n) is 1.48. The molecule has 0 saturated carbocycles. The van der Waals surface area contributed by atoms with Gasteiger partial charge in [-0.05, 0) is 39.3 Å². The molecule has 0 aliphatic heterocycles. The van der Waals surface area contributed by atoms with E-state index in [-0.39, 0.29) is 12.4 Å². The molecule has 0 amide bonds. The molecule has 0 aliphatic carbocycles. The summed E-state index contributed by atoms with van der Waals surface area (Å²) < 4.78 is 5.26. The molecule has 1 aromatic heterocycles. The molecule has 1 atom stereocenters. The Balaban J connectivity index is 2.71. The lowest BCUT2D eigenvalue weighted by molar-refractivity contribution is -0.156. The predicted molar refractivity (Wildman–Crippen MR) is 66.2 cm³/mol. The van der Waals surface area contributed by atoms with Crippen LogP contribution in [0.5, 0.6) is 0 Å². The van der Waals surface area contributed by atoms with Gasteiger partial charge in [0.15, 0.2) is 0 Å². The molecular weight excluding hydrogens is 216 g/mol. The van der Waals surface area contributed by atoms with Crippen molar-refractivity contribution in [1.82, 2.24) is 4.98 Å². The van der Waals surface area contributed by atoms with E-state index in [2.05, 4.69) is 4.98 Å². The summed E-state index contributed by atoms with van der Waals surface area (Å²) in [6, 6.07) is 3.66. The summed E-state index contributed by atoms with van der Waals surface area (Å²) in [7, 11) is 0. The van der Waals surface area contributed by atoms with Crippen LogP contribution in [0.15, 0.2) is 24.5 Å². The van der Waals surface area contributed by atoms with Crippen molar-refractivity contribution in [2.45, 2.75) is 45.3 Å². The Bertz CT molecular complexity index is 380. The molecule has 1 heterocycles. The van der Waals surface area contributed by atoms with E-state index in [1.54, 1.807) is 25.4 Å². The smallest absolute Gasteiger partial charge is 0.308 e. The number of carbonyl (C=O) groups excluding carboxylic acids is 1. The Labute approximate surface area is 102 Å². The van der Waals surface area contributed by atoms with Crippen molar-refractivity contribution in [3.05, 3.63) is 30.1 Å². The van der Waals surface area contributed by atoms with Gasteiger partial charge in [0.1, 0.15) is 5.60 Å². The second kappa shape index (κ2) is 4.84. The van der Waals surface area contributed by atoms with E-state index in [9.17, 15) is 4.79 Å². The summed E-state index contributed by atoms with van der Waals surface area (Å²) in [4.78, 5) is 15.7. The molecule has 0 fully saturated rings. The zero-order valence-corrected chi connectivity index (χ0v) is 10.9. The first-order chi connectivity index (χ1) is 7.71. The van der Waals surface area contributed by atoms with E-state index < -0.39 is 11.1 Å². The van der Waals surface area contributed by atoms with Gasteiger partial charge in [-0.2, -0.15) is 0 Å². The van der Waals surface area contributed by atoms with Gasteiger partial charge < -0.3 is 10.5 Å². The number of esters is 1. The Morgan fingerprint density at radius 1 is 1.41 bits per heavy atom. The van der Waals surface area contributed by atoms with Crippen LogP contribution < -0.4 is 5.73 Å². The van der Waals surface area contributed by atoms with Gasteiger partial charge >= 0.3 is 5.97 Å². The van der Waals surface area contributed by atoms with Crippen LogP contribution >= 0.6 is 0 Å². The molecule has 0 aliphatic rings. The molecule has 0 saturated heterocycles. The van der Waals surface area contributed by atoms with Crippen LogP contribution in [0.25, 0.3) is 0 Å². The maximum Gasteiger partial charge on any atom is 0.308 e. The topological polar surface area (TPSA) is 65.2 Å². The highest BCUT2D eigenvalue weighted by Gasteiger charge is 2.28. The van der Waals surface area contributed by atoms with E-state index in [1.165, 1.54) is 0 Å². The minimum absolute atomic E-state index is 0.135. The van der Waals surface area contributed by atoms with Crippen LogP contribution in [0.4, 0.5) is 0 Å². The Morgan fingerprint density at radius 2 is 2.06 bits per heavy atom. The van der Waals surface area contributed by atoms with E-state index in [0.29, 0.717) is 0 Å². The van der Waals surface area contributed by atoms with Gasteiger partial charge in [-0.1, -0.05) is 6.07 Å². The van der Waals surface area contributed by atoms with Crippen LogP contribution in [-0.4, -0.2) is 16.6 Å². The van der Waals surface area contributed by atoms with Crippen molar-refractivity contribution in [2.75, 3.05) is 0 Å². The Kier molecular flexibility index (Phi) is 3.88. The summed E-state index contributed by atoms with van der Waals surface area (Å²) in [6.07, 6.45) is 3.48. The molecule has 0 radical (unpaired) electrons. The Hall–Kier alpha value is -1.42. The number of rotatable bonds is 3. The van der Waals surface area contributed by atoms with Gasteiger partial charge in [0.2, 0.25) is 0 Å². The monoisotopic (exact) mass is 236 g/mol. The molecule has 2 N–H and O–H groups in total. The second-order valence-electron chi connectivity index (χ2n) is 5.42. The van der Waals surface area contributed by atoms with Gasteiger partial charge in [0.25, 0.3) is 0 Å². The lowest BCUT2D eigenvalue weighted by atomic mass is 9.91. The van der Waals surface area contributed by atoms with Crippen LogP contribution in [-0.2, 0) is 15.1 Å². The molecule has 17 heavy (non-hydrogen) atoms.